The van der Waals surface area contributed by atoms with Crippen LogP contribution in [0.25, 0.3) is 0 Å². The Bertz CT molecular complexity index is 656. The van der Waals surface area contributed by atoms with Gasteiger partial charge in [0.05, 0.1) is 13.2 Å². The van der Waals surface area contributed by atoms with Gasteiger partial charge in [-0.15, -0.1) is 0 Å². The van der Waals surface area contributed by atoms with Crippen molar-refractivity contribution in [3.05, 3.63) is 30.1 Å². The van der Waals surface area contributed by atoms with Crippen molar-refractivity contribution >= 4 is 21.0 Å². The van der Waals surface area contributed by atoms with Gasteiger partial charge in [-0.3, -0.25) is 4.98 Å². The summed E-state index contributed by atoms with van der Waals surface area (Å²) in [5.74, 6) is -2.01. The molecule has 0 N–H and O–H groups in total. The molecule has 1 aromatic heterocycles. The van der Waals surface area contributed by atoms with Gasteiger partial charge in [0.15, 0.2) is 9.04 Å². The van der Waals surface area contributed by atoms with Crippen molar-refractivity contribution in [2.24, 2.45) is 5.41 Å². The Kier molecular flexibility index (Phi) is 10.1. The largest absolute Gasteiger partial charge is 0.463 e. The lowest BCUT2D eigenvalue weighted by Crippen LogP contribution is -2.64. The van der Waals surface area contributed by atoms with E-state index in [1.165, 1.54) is 0 Å². The SMILES string of the molecule is CCOC(=O)C(O[SiH](C)C)(C(=O)OCC)C(OCC)C(c1ccccn1)C(C)(C)C. The molecule has 2 unspecified atom stereocenters. The van der Waals surface area contributed by atoms with Crippen molar-refractivity contribution in [2.45, 2.75) is 72.3 Å². The zero-order valence-corrected chi connectivity index (χ0v) is 20.7. The summed E-state index contributed by atoms with van der Waals surface area (Å²) in [6.07, 6.45) is 0.705. The van der Waals surface area contributed by atoms with E-state index in [0.717, 1.165) is 0 Å². The number of hydrogen-bond acceptors (Lipinski definition) is 7. The number of rotatable bonds is 11. The number of nitrogens with zero attached hydrogens (tertiary/aromatic N) is 1. The Morgan fingerprint density at radius 3 is 1.93 bits per heavy atom. The van der Waals surface area contributed by atoms with Crippen LogP contribution in [0.15, 0.2) is 24.4 Å². The molecule has 8 heteroatoms. The fourth-order valence-corrected chi connectivity index (χ4v) is 4.64. The number of pyridine rings is 1. The van der Waals surface area contributed by atoms with Gasteiger partial charge in [-0.1, -0.05) is 26.8 Å². The maximum absolute atomic E-state index is 13.4. The first-order valence-electron chi connectivity index (χ1n) is 10.6. The first-order valence-corrected chi connectivity index (χ1v) is 13.4. The molecule has 170 valence electrons. The van der Waals surface area contributed by atoms with Crippen LogP contribution in [0.2, 0.25) is 13.1 Å². The van der Waals surface area contributed by atoms with E-state index in [2.05, 4.69) is 4.98 Å². The minimum absolute atomic E-state index is 0.103. The maximum Gasteiger partial charge on any atom is 0.352 e. The van der Waals surface area contributed by atoms with Crippen molar-refractivity contribution < 1.29 is 28.2 Å². The van der Waals surface area contributed by atoms with Gasteiger partial charge in [0, 0.05) is 24.4 Å². The highest BCUT2D eigenvalue weighted by molar-refractivity contribution is 6.49. The van der Waals surface area contributed by atoms with Crippen LogP contribution in [0, 0.1) is 5.41 Å². The van der Waals surface area contributed by atoms with E-state index in [-0.39, 0.29) is 19.8 Å². The van der Waals surface area contributed by atoms with Crippen LogP contribution in [0.4, 0.5) is 0 Å². The van der Waals surface area contributed by atoms with Gasteiger partial charge in [-0.2, -0.15) is 0 Å². The second-order valence-corrected chi connectivity index (χ2v) is 10.7. The molecule has 1 rings (SSSR count). The Balaban J connectivity index is 3.84. The van der Waals surface area contributed by atoms with Crippen LogP contribution in [0.3, 0.4) is 0 Å². The summed E-state index contributed by atoms with van der Waals surface area (Å²) in [5, 5.41) is 0. The van der Waals surface area contributed by atoms with E-state index >= 15 is 0 Å². The second kappa shape index (κ2) is 11.6. The third-order valence-corrected chi connectivity index (χ3v) is 5.41. The molecule has 30 heavy (non-hydrogen) atoms. The van der Waals surface area contributed by atoms with E-state index in [1.54, 1.807) is 20.0 Å². The summed E-state index contributed by atoms with van der Waals surface area (Å²) >= 11 is 0. The summed E-state index contributed by atoms with van der Waals surface area (Å²) in [6, 6.07) is 5.56. The fraction of sp³-hybridized carbons (Fsp3) is 0.682. The Hall–Kier alpha value is -1.77. The quantitative estimate of drug-likeness (QED) is 0.296. The van der Waals surface area contributed by atoms with Crippen LogP contribution < -0.4 is 0 Å². The lowest BCUT2D eigenvalue weighted by Gasteiger charge is -2.44. The summed E-state index contributed by atoms with van der Waals surface area (Å²) < 4.78 is 23.1. The topological polar surface area (TPSA) is 84.0 Å². The van der Waals surface area contributed by atoms with E-state index in [4.69, 9.17) is 18.6 Å². The molecule has 0 fully saturated rings. The molecule has 0 aliphatic heterocycles. The summed E-state index contributed by atoms with van der Waals surface area (Å²) in [6.45, 7) is 15.5. The molecule has 0 spiro atoms. The van der Waals surface area contributed by atoms with E-state index < -0.39 is 44.0 Å². The highest BCUT2D eigenvalue weighted by Crippen LogP contribution is 2.44. The van der Waals surface area contributed by atoms with Crippen LogP contribution in [-0.2, 0) is 28.2 Å². The van der Waals surface area contributed by atoms with Gasteiger partial charge >= 0.3 is 11.9 Å². The van der Waals surface area contributed by atoms with Gasteiger partial charge in [0.1, 0.15) is 6.10 Å². The Labute approximate surface area is 182 Å². The molecular weight excluding hydrogens is 402 g/mol. The Morgan fingerprint density at radius 1 is 1.00 bits per heavy atom. The van der Waals surface area contributed by atoms with Gasteiger partial charge in [-0.25, -0.2) is 9.59 Å². The van der Waals surface area contributed by atoms with Crippen LogP contribution in [0.1, 0.15) is 53.2 Å². The normalized spacial score (nSPS) is 14.3. The highest BCUT2D eigenvalue weighted by Gasteiger charge is 2.62. The van der Waals surface area contributed by atoms with Crippen molar-refractivity contribution in [3.8, 4) is 0 Å². The van der Waals surface area contributed by atoms with Gasteiger partial charge in [0.25, 0.3) is 5.60 Å². The minimum Gasteiger partial charge on any atom is -0.463 e. The lowest BCUT2D eigenvalue weighted by molar-refractivity contribution is -0.200. The van der Waals surface area contributed by atoms with E-state index in [1.807, 2.05) is 59.0 Å². The molecule has 0 aliphatic carbocycles. The molecule has 1 aromatic rings. The zero-order valence-electron chi connectivity index (χ0n) is 19.6. The Morgan fingerprint density at radius 2 is 1.57 bits per heavy atom. The number of carbonyl (C=O) groups is 2. The third kappa shape index (κ3) is 6.12. The van der Waals surface area contributed by atoms with Crippen LogP contribution in [0.5, 0.6) is 0 Å². The number of hydrogen-bond donors (Lipinski definition) is 0. The molecule has 1 heterocycles. The smallest absolute Gasteiger partial charge is 0.352 e. The molecular formula is C22H37NO6Si. The summed E-state index contributed by atoms with van der Waals surface area (Å²) in [7, 11) is -1.93. The summed E-state index contributed by atoms with van der Waals surface area (Å²) in [4.78, 5) is 31.3. The first-order chi connectivity index (χ1) is 14.1. The molecule has 2 atom stereocenters. The number of carbonyl (C=O) groups excluding carboxylic acids is 2. The third-order valence-electron chi connectivity index (χ3n) is 4.57. The van der Waals surface area contributed by atoms with E-state index in [0.29, 0.717) is 5.69 Å². The minimum atomic E-state index is -2.03. The van der Waals surface area contributed by atoms with E-state index in [9.17, 15) is 9.59 Å². The monoisotopic (exact) mass is 439 g/mol. The molecule has 0 saturated carbocycles. The maximum atomic E-state index is 13.4. The van der Waals surface area contributed by atoms with Gasteiger partial charge in [-0.05, 0) is 51.4 Å². The molecule has 0 amide bonds. The van der Waals surface area contributed by atoms with Crippen molar-refractivity contribution in [2.75, 3.05) is 19.8 Å². The fourth-order valence-electron chi connectivity index (χ4n) is 3.57. The molecule has 0 radical (unpaired) electrons. The number of aromatic nitrogens is 1. The highest BCUT2D eigenvalue weighted by atomic mass is 28.3. The standard InChI is InChI=1S/C22H37NO6Si/c1-9-26-18(17(21(4,5)6)16-14-12-13-15-23-16)22(29-30(7)8,19(24)27-10-2)20(25)28-11-3/h12-15,17-18,30H,9-11H2,1-8H3. The number of esters is 2. The molecule has 0 saturated heterocycles. The van der Waals surface area contributed by atoms with Crippen LogP contribution in [-0.4, -0.2) is 57.5 Å². The first kappa shape index (κ1) is 26.3. The summed E-state index contributed by atoms with van der Waals surface area (Å²) in [5.41, 5.74) is -1.74. The molecule has 0 aliphatic rings. The molecule has 7 nitrogen and oxygen atoms in total. The molecule has 0 bridgehead atoms. The van der Waals surface area contributed by atoms with Gasteiger partial charge in [0.2, 0.25) is 0 Å². The predicted molar refractivity (Wildman–Crippen MR) is 118 cm³/mol. The zero-order chi connectivity index (χ0) is 22.9. The second-order valence-electron chi connectivity index (χ2n) is 8.32. The predicted octanol–water partition coefficient (Wildman–Crippen LogP) is 3.48. The van der Waals surface area contributed by atoms with Crippen molar-refractivity contribution in [3.63, 3.8) is 0 Å². The molecule has 0 aromatic carbocycles. The van der Waals surface area contributed by atoms with Gasteiger partial charge < -0.3 is 18.6 Å². The average Bonchev–Trinajstić information content (AvgIpc) is 2.65. The average molecular weight is 440 g/mol. The van der Waals surface area contributed by atoms with Crippen LogP contribution >= 0.6 is 0 Å². The number of ether oxygens (including phenoxy) is 3. The van der Waals surface area contributed by atoms with Crippen molar-refractivity contribution in [1.82, 2.24) is 4.98 Å². The van der Waals surface area contributed by atoms with Crippen molar-refractivity contribution in [1.29, 1.82) is 0 Å². The lowest BCUT2D eigenvalue weighted by atomic mass is 9.70.